The lowest BCUT2D eigenvalue weighted by atomic mass is 10.4. The van der Waals surface area contributed by atoms with Gasteiger partial charge in [-0.1, -0.05) is 24.4 Å². The molecule has 1 aromatic carbocycles. The summed E-state index contributed by atoms with van der Waals surface area (Å²) in [5.74, 6) is -0.202. The summed E-state index contributed by atoms with van der Waals surface area (Å²) in [4.78, 5) is 0.884. The Balaban J connectivity index is 2.84. The Hall–Kier alpha value is -0.760. The van der Waals surface area contributed by atoms with Crippen LogP contribution in [0.1, 0.15) is 0 Å². The van der Waals surface area contributed by atoms with Crippen LogP contribution in [-0.4, -0.2) is 0 Å². The molecule has 0 radical (unpaired) electrons. The van der Waals surface area contributed by atoms with Gasteiger partial charge in [-0.2, -0.15) is 0 Å². The maximum Gasteiger partial charge on any atom is 0.124 e. The van der Waals surface area contributed by atoms with E-state index in [0.29, 0.717) is 0 Å². The zero-order chi connectivity index (χ0) is 7.40. The summed E-state index contributed by atoms with van der Waals surface area (Å²) in [6, 6.07) is 6.43. The van der Waals surface area contributed by atoms with Crippen molar-refractivity contribution in [3.05, 3.63) is 42.1 Å². The predicted molar refractivity (Wildman–Crippen MR) is 42.5 cm³/mol. The fraction of sp³-hybridized carbons (Fsp3) is 0. The largest absolute Gasteiger partial charge is 0.207 e. The standard InChI is InChI=1S/C8H7FS/c1-2-10-8-5-3-4-7(9)6-8/h2-6H,1H2. The number of thioether (sulfide) groups is 1. The molecule has 0 spiro atoms. The van der Waals surface area contributed by atoms with E-state index in [4.69, 9.17) is 0 Å². The van der Waals surface area contributed by atoms with Gasteiger partial charge in [0, 0.05) is 4.90 Å². The minimum Gasteiger partial charge on any atom is -0.207 e. The number of halogens is 1. The van der Waals surface area contributed by atoms with Crippen molar-refractivity contribution in [3.8, 4) is 0 Å². The molecular formula is C8H7FS. The topological polar surface area (TPSA) is 0 Å². The average Bonchev–Trinajstić information content (AvgIpc) is 1.88. The van der Waals surface area contributed by atoms with Crippen molar-refractivity contribution in [3.63, 3.8) is 0 Å². The maximum absolute atomic E-state index is 12.4. The van der Waals surface area contributed by atoms with Gasteiger partial charge in [-0.05, 0) is 23.6 Å². The van der Waals surface area contributed by atoms with E-state index < -0.39 is 0 Å². The van der Waals surface area contributed by atoms with Gasteiger partial charge in [0.25, 0.3) is 0 Å². The summed E-state index contributed by atoms with van der Waals surface area (Å²) in [5, 5.41) is 1.68. The monoisotopic (exact) mass is 154 g/mol. The SMILES string of the molecule is C=CSc1cccc(F)c1. The Kier molecular flexibility index (Phi) is 2.51. The Labute approximate surface area is 63.8 Å². The predicted octanol–water partition coefficient (Wildman–Crippen LogP) is 3.06. The Morgan fingerprint density at radius 3 is 2.90 bits per heavy atom. The fourth-order valence-corrected chi connectivity index (χ4v) is 1.17. The van der Waals surface area contributed by atoms with Crippen molar-refractivity contribution >= 4 is 11.8 Å². The minimum atomic E-state index is -0.202. The van der Waals surface area contributed by atoms with Gasteiger partial charge in [0.1, 0.15) is 5.82 Å². The van der Waals surface area contributed by atoms with E-state index >= 15 is 0 Å². The van der Waals surface area contributed by atoms with E-state index in [-0.39, 0.29) is 5.82 Å². The molecule has 0 unspecified atom stereocenters. The number of hydrogen-bond acceptors (Lipinski definition) is 1. The van der Waals surface area contributed by atoms with Crippen molar-refractivity contribution in [1.29, 1.82) is 0 Å². The third-order valence-electron chi connectivity index (χ3n) is 1.02. The van der Waals surface area contributed by atoms with Gasteiger partial charge < -0.3 is 0 Å². The molecule has 0 atom stereocenters. The van der Waals surface area contributed by atoms with E-state index in [1.807, 2.05) is 6.07 Å². The molecule has 10 heavy (non-hydrogen) atoms. The van der Waals surface area contributed by atoms with Crippen LogP contribution in [0, 0.1) is 5.82 Å². The minimum absolute atomic E-state index is 0.202. The molecule has 0 aliphatic heterocycles. The van der Waals surface area contributed by atoms with Crippen LogP contribution in [0.25, 0.3) is 0 Å². The van der Waals surface area contributed by atoms with Gasteiger partial charge in [0.05, 0.1) is 0 Å². The van der Waals surface area contributed by atoms with Crippen LogP contribution in [0.15, 0.2) is 41.1 Å². The van der Waals surface area contributed by atoms with E-state index in [0.717, 1.165) is 4.90 Å². The van der Waals surface area contributed by atoms with Crippen LogP contribution in [0.4, 0.5) is 4.39 Å². The molecule has 0 saturated carbocycles. The Morgan fingerprint density at radius 2 is 2.30 bits per heavy atom. The zero-order valence-electron chi connectivity index (χ0n) is 5.38. The molecule has 0 bridgehead atoms. The van der Waals surface area contributed by atoms with E-state index in [1.165, 1.54) is 23.9 Å². The summed E-state index contributed by atoms with van der Waals surface area (Å²) in [6.07, 6.45) is 0. The lowest BCUT2D eigenvalue weighted by Gasteiger charge is -1.93. The number of benzene rings is 1. The lowest BCUT2D eigenvalue weighted by Crippen LogP contribution is -1.71. The van der Waals surface area contributed by atoms with Crippen molar-refractivity contribution in [2.45, 2.75) is 4.90 Å². The maximum atomic E-state index is 12.4. The third-order valence-corrected chi connectivity index (χ3v) is 1.71. The van der Waals surface area contributed by atoms with Gasteiger partial charge >= 0.3 is 0 Å². The molecular weight excluding hydrogens is 147 g/mol. The summed E-state index contributed by atoms with van der Waals surface area (Å²) in [7, 11) is 0. The highest BCUT2D eigenvalue weighted by Gasteiger charge is 1.90. The highest BCUT2D eigenvalue weighted by molar-refractivity contribution is 8.02. The number of rotatable bonds is 2. The van der Waals surface area contributed by atoms with E-state index in [1.54, 1.807) is 11.5 Å². The Morgan fingerprint density at radius 1 is 1.50 bits per heavy atom. The molecule has 2 heteroatoms. The van der Waals surface area contributed by atoms with Crippen LogP contribution in [0.3, 0.4) is 0 Å². The highest BCUT2D eigenvalue weighted by atomic mass is 32.2. The second kappa shape index (κ2) is 3.42. The van der Waals surface area contributed by atoms with Gasteiger partial charge in [0.15, 0.2) is 0 Å². The molecule has 0 N–H and O–H groups in total. The molecule has 0 aromatic heterocycles. The second-order valence-corrected chi connectivity index (χ2v) is 2.78. The van der Waals surface area contributed by atoms with Crippen LogP contribution < -0.4 is 0 Å². The molecule has 0 aliphatic rings. The van der Waals surface area contributed by atoms with Gasteiger partial charge in [-0.3, -0.25) is 0 Å². The first-order valence-electron chi connectivity index (χ1n) is 2.86. The first kappa shape index (κ1) is 7.35. The highest BCUT2D eigenvalue weighted by Crippen LogP contribution is 2.18. The van der Waals surface area contributed by atoms with Crippen LogP contribution in [-0.2, 0) is 0 Å². The molecule has 1 rings (SSSR count). The van der Waals surface area contributed by atoms with Gasteiger partial charge in [-0.25, -0.2) is 4.39 Å². The molecule has 1 aromatic rings. The lowest BCUT2D eigenvalue weighted by molar-refractivity contribution is 0.624. The molecule has 0 saturated heterocycles. The molecule has 52 valence electrons. The fourth-order valence-electron chi connectivity index (χ4n) is 0.637. The first-order chi connectivity index (χ1) is 4.83. The first-order valence-corrected chi connectivity index (χ1v) is 3.74. The van der Waals surface area contributed by atoms with Gasteiger partial charge in [0.2, 0.25) is 0 Å². The molecule has 0 fully saturated rings. The van der Waals surface area contributed by atoms with Crippen molar-refractivity contribution in [2.24, 2.45) is 0 Å². The molecule has 0 heterocycles. The van der Waals surface area contributed by atoms with Crippen LogP contribution >= 0.6 is 11.8 Å². The van der Waals surface area contributed by atoms with Crippen molar-refractivity contribution < 1.29 is 4.39 Å². The zero-order valence-corrected chi connectivity index (χ0v) is 6.20. The summed E-state index contributed by atoms with van der Waals surface area (Å²) in [6.45, 7) is 3.53. The summed E-state index contributed by atoms with van der Waals surface area (Å²) in [5.41, 5.74) is 0. The molecule has 0 nitrogen and oxygen atoms in total. The normalized spacial score (nSPS) is 9.30. The summed E-state index contributed by atoms with van der Waals surface area (Å²) < 4.78 is 12.4. The van der Waals surface area contributed by atoms with Gasteiger partial charge in [-0.15, -0.1) is 0 Å². The smallest absolute Gasteiger partial charge is 0.124 e. The van der Waals surface area contributed by atoms with Crippen molar-refractivity contribution in [1.82, 2.24) is 0 Å². The number of hydrogen-bond donors (Lipinski definition) is 0. The molecule has 0 aliphatic carbocycles. The van der Waals surface area contributed by atoms with E-state index in [2.05, 4.69) is 6.58 Å². The van der Waals surface area contributed by atoms with Crippen molar-refractivity contribution in [2.75, 3.05) is 0 Å². The quantitative estimate of drug-likeness (QED) is 0.590. The third kappa shape index (κ3) is 1.88. The Bertz CT molecular complexity index is 232. The van der Waals surface area contributed by atoms with Crippen LogP contribution in [0.5, 0.6) is 0 Å². The molecule has 0 amide bonds. The second-order valence-electron chi connectivity index (χ2n) is 1.74. The van der Waals surface area contributed by atoms with Crippen LogP contribution in [0.2, 0.25) is 0 Å². The summed E-state index contributed by atoms with van der Waals surface area (Å²) >= 11 is 1.41. The average molecular weight is 154 g/mol. The van der Waals surface area contributed by atoms with E-state index in [9.17, 15) is 4.39 Å².